The van der Waals surface area contributed by atoms with Crippen molar-refractivity contribution in [2.24, 2.45) is 0 Å². The minimum atomic E-state index is 0.632. The van der Waals surface area contributed by atoms with Gasteiger partial charge >= 0.3 is 0 Å². The molecule has 0 bridgehead atoms. The number of hydrogen-bond donors (Lipinski definition) is 0. The maximum atomic E-state index is 9.62. The molecule has 4 aromatic rings. The maximum absolute atomic E-state index is 9.62. The first-order valence-corrected chi connectivity index (χ1v) is 9.13. The van der Waals surface area contributed by atoms with Crippen molar-refractivity contribution in [1.29, 1.82) is 5.26 Å². The Labute approximate surface area is 164 Å². The zero-order valence-corrected chi connectivity index (χ0v) is 15.3. The van der Waals surface area contributed by atoms with Gasteiger partial charge in [0.1, 0.15) is 0 Å². The van der Waals surface area contributed by atoms with Gasteiger partial charge < -0.3 is 0 Å². The lowest BCUT2D eigenvalue weighted by Gasteiger charge is -2.04. The van der Waals surface area contributed by atoms with Crippen LogP contribution in [0.4, 0.5) is 0 Å². The topological polar surface area (TPSA) is 36.7 Å². The van der Waals surface area contributed by atoms with E-state index >= 15 is 0 Å². The predicted molar refractivity (Wildman–Crippen MR) is 117 cm³/mol. The highest BCUT2D eigenvalue weighted by Crippen LogP contribution is 2.22. The van der Waals surface area contributed by atoms with Gasteiger partial charge in [0.25, 0.3) is 0 Å². The first-order valence-electron chi connectivity index (χ1n) is 9.13. The summed E-state index contributed by atoms with van der Waals surface area (Å²) < 4.78 is 0. The molecule has 3 aromatic carbocycles. The summed E-state index contributed by atoms with van der Waals surface area (Å²) in [5.41, 5.74) is 5.52. The molecule has 0 radical (unpaired) electrons. The Balaban J connectivity index is 1.67. The van der Waals surface area contributed by atoms with E-state index in [0.29, 0.717) is 5.56 Å². The Hall–Kier alpha value is -3.96. The maximum Gasteiger partial charge on any atom is 0.0999 e. The molecule has 1 aromatic heterocycles. The molecule has 0 aliphatic carbocycles. The minimum absolute atomic E-state index is 0.632. The van der Waals surface area contributed by atoms with Gasteiger partial charge in [0.2, 0.25) is 0 Å². The van der Waals surface area contributed by atoms with Crippen LogP contribution in [0.3, 0.4) is 0 Å². The summed E-state index contributed by atoms with van der Waals surface area (Å²) in [6, 6.07) is 30.4. The Bertz CT molecular complexity index is 1200. The van der Waals surface area contributed by atoms with Crippen molar-refractivity contribution in [2.45, 2.75) is 0 Å². The number of nitrogens with zero attached hydrogens (tertiary/aromatic N) is 2. The Morgan fingerprint density at radius 2 is 1.25 bits per heavy atom. The van der Waals surface area contributed by atoms with Crippen LogP contribution in [0.15, 0.2) is 84.9 Å². The molecule has 0 atom stereocenters. The summed E-state index contributed by atoms with van der Waals surface area (Å²) >= 11 is 0. The van der Waals surface area contributed by atoms with E-state index in [1.807, 2.05) is 84.9 Å². The van der Waals surface area contributed by atoms with Crippen LogP contribution in [0.5, 0.6) is 0 Å². The minimum Gasteiger partial charge on any atom is -0.248 e. The third kappa shape index (κ3) is 4.06. The van der Waals surface area contributed by atoms with Gasteiger partial charge in [0.15, 0.2) is 0 Å². The molecule has 0 fully saturated rings. The molecule has 0 aliphatic rings. The second-order valence-electron chi connectivity index (χ2n) is 6.47. The Kier molecular flexibility index (Phi) is 5.09. The fraction of sp³-hybridized carbons (Fsp3) is 0. The molecule has 132 valence electrons. The fourth-order valence-electron chi connectivity index (χ4n) is 3.05. The van der Waals surface area contributed by atoms with Gasteiger partial charge in [0.05, 0.1) is 22.8 Å². The van der Waals surface area contributed by atoms with Crippen LogP contribution in [-0.4, -0.2) is 4.98 Å². The summed E-state index contributed by atoms with van der Waals surface area (Å²) in [7, 11) is 0. The zero-order chi connectivity index (χ0) is 19.2. The van der Waals surface area contributed by atoms with Gasteiger partial charge in [-0.2, -0.15) is 5.26 Å². The number of fused-ring (bicyclic) bond motifs is 1. The summed E-state index contributed by atoms with van der Waals surface area (Å²) in [5, 5.41) is 10.5. The van der Waals surface area contributed by atoms with Gasteiger partial charge in [-0.15, -0.1) is 0 Å². The Morgan fingerprint density at radius 1 is 0.643 bits per heavy atom. The van der Waals surface area contributed by atoms with E-state index in [1.165, 1.54) is 0 Å². The second kappa shape index (κ2) is 8.16. The predicted octanol–water partition coefficient (Wildman–Crippen LogP) is 6.45. The highest BCUT2D eigenvalue weighted by Gasteiger charge is 2.05. The molecule has 0 saturated heterocycles. The third-order valence-electron chi connectivity index (χ3n) is 4.49. The van der Waals surface area contributed by atoms with E-state index < -0.39 is 0 Å². The number of benzene rings is 3. The van der Waals surface area contributed by atoms with Crippen molar-refractivity contribution in [3.8, 4) is 6.07 Å². The van der Waals surface area contributed by atoms with Crippen molar-refractivity contribution >= 4 is 35.2 Å². The normalized spacial score (nSPS) is 11.2. The average Bonchev–Trinajstić information content (AvgIpc) is 2.77. The molecule has 0 saturated carbocycles. The van der Waals surface area contributed by atoms with E-state index in [9.17, 15) is 5.26 Å². The molecule has 4 rings (SSSR count). The molecule has 1 heterocycles. The van der Waals surface area contributed by atoms with Crippen LogP contribution in [0.1, 0.15) is 27.9 Å². The lowest BCUT2D eigenvalue weighted by molar-refractivity contribution is 1.35. The number of rotatable bonds is 4. The van der Waals surface area contributed by atoms with Gasteiger partial charge in [-0.25, -0.2) is 4.98 Å². The van der Waals surface area contributed by atoms with Gasteiger partial charge in [-0.1, -0.05) is 85.0 Å². The van der Waals surface area contributed by atoms with Crippen LogP contribution >= 0.6 is 0 Å². The zero-order valence-electron chi connectivity index (χ0n) is 15.3. The number of aromatic nitrogens is 1. The summed E-state index contributed by atoms with van der Waals surface area (Å²) in [4.78, 5) is 4.70. The summed E-state index contributed by atoms with van der Waals surface area (Å²) in [6.45, 7) is 0. The van der Waals surface area contributed by atoms with Crippen molar-refractivity contribution < 1.29 is 0 Å². The SMILES string of the molecule is N#Cc1cc(/C=C/c2ccccc2)nc2ccc(/C=C/c3ccccc3)cc12. The number of hydrogen-bond acceptors (Lipinski definition) is 2. The molecular weight excluding hydrogens is 340 g/mol. The van der Waals surface area contributed by atoms with Gasteiger partial charge in [0, 0.05) is 5.39 Å². The van der Waals surface area contributed by atoms with E-state index in [1.54, 1.807) is 0 Å². The summed E-state index contributed by atoms with van der Waals surface area (Å²) in [6.07, 6.45) is 8.07. The highest BCUT2D eigenvalue weighted by atomic mass is 14.7. The van der Waals surface area contributed by atoms with Crippen LogP contribution < -0.4 is 0 Å². The monoisotopic (exact) mass is 358 g/mol. The van der Waals surface area contributed by atoms with Crippen LogP contribution in [0.25, 0.3) is 35.2 Å². The molecule has 28 heavy (non-hydrogen) atoms. The lowest BCUT2D eigenvalue weighted by atomic mass is 10.0. The summed E-state index contributed by atoms with van der Waals surface area (Å²) in [5.74, 6) is 0. The largest absolute Gasteiger partial charge is 0.248 e. The second-order valence-corrected chi connectivity index (χ2v) is 6.47. The van der Waals surface area contributed by atoms with Crippen LogP contribution in [0.2, 0.25) is 0 Å². The van der Waals surface area contributed by atoms with Crippen molar-refractivity contribution in [3.63, 3.8) is 0 Å². The smallest absolute Gasteiger partial charge is 0.0999 e. The first kappa shape index (κ1) is 17.5. The quantitative estimate of drug-likeness (QED) is 0.393. The molecule has 2 heteroatoms. The molecule has 0 unspecified atom stereocenters. The lowest BCUT2D eigenvalue weighted by Crippen LogP contribution is -1.89. The molecule has 2 nitrogen and oxygen atoms in total. The van der Waals surface area contributed by atoms with Gasteiger partial charge in [-0.3, -0.25) is 0 Å². The molecule has 0 amide bonds. The van der Waals surface area contributed by atoms with Crippen molar-refractivity contribution in [3.05, 3.63) is 113 Å². The average molecular weight is 358 g/mol. The van der Waals surface area contributed by atoms with Crippen molar-refractivity contribution in [2.75, 3.05) is 0 Å². The highest BCUT2D eigenvalue weighted by molar-refractivity contribution is 5.89. The Morgan fingerprint density at radius 3 is 1.89 bits per heavy atom. The molecule has 0 N–H and O–H groups in total. The first-order chi connectivity index (χ1) is 13.8. The number of pyridine rings is 1. The fourth-order valence-corrected chi connectivity index (χ4v) is 3.05. The molecule has 0 aliphatic heterocycles. The van der Waals surface area contributed by atoms with E-state index in [-0.39, 0.29) is 0 Å². The standard InChI is InChI=1S/C26H18N2/c27-19-23-18-24(15-13-21-9-5-2-6-10-21)28-26-16-14-22(17-25(23)26)12-11-20-7-3-1-4-8-20/h1-18H/b12-11+,15-13+. The van der Waals surface area contributed by atoms with Crippen molar-refractivity contribution in [1.82, 2.24) is 4.98 Å². The van der Waals surface area contributed by atoms with Crippen LogP contribution in [0, 0.1) is 11.3 Å². The van der Waals surface area contributed by atoms with E-state index in [0.717, 1.165) is 33.3 Å². The number of nitriles is 1. The van der Waals surface area contributed by atoms with Crippen LogP contribution in [-0.2, 0) is 0 Å². The van der Waals surface area contributed by atoms with Gasteiger partial charge in [-0.05, 0) is 41.0 Å². The van der Waals surface area contributed by atoms with E-state index in [4.69, 9.17) is 4.98 Å². The molecular formula is C26H18N2. The van der Waals surface area contributed by atoms with E-state index in [2.05, 4.69) is 30.4 Å². The molecule has 0 spiro atoms. The third-order valence-corrected chi connectivity index (χ3v) is 4.49.